The molecule has 0 bridgehead atoms. The zero-order chi connectivity index (χ0) is 30.3. The Kier molecular flexibility index (Phi) is 8.55. The Labute approximate surface area is 254 Å². The van der Waals surface area contributed by atoms with Gasteiger partial charge in [-0.05, 0) is 43.7 Å². The zero-order valence-electron chi connectivity index (χ0n) is 23.2. The number of nitrogens with zero attached hydrogens (tertiary/aromatic N) is 4. The molecular weight excluding hydrogens is 603 g/mol. The SMILES string of the molecule is Cc1cc(C)c2cccc(OCc3c(Cl)ccc(S(=O)(=O)N4C[C@H](O)C[C@H]4C(=O)N4CCN(C(=N)N)CC4)c3Cl)c2n1. The first-order valence-electron chi connectivity index (χ1n) is 13.4. The molecule has 2 saturated heterocycles. The molecule has 3 heterocycles. The molecule has 11 nitrogen and oxygen atoms in total. The summed E-state index contributed by atoms with van der Waals surface area (Å²) in [5, 5.41) is 19.1. The van der Waals surface area contributed by atoms with Crippen molar-refractivity contribution in [3.8, 4) is 5.75 Å². The van der Waals surface area contributed by atoms with E-state index in [-0.39, 0.29) is 59.1 Å². The number of carbonyl (C=O) groups is 1. The molecule has 1 aromatic heterocycles. The number of halogens is 2. The van der Waals surface area contributed by atoms with Crippen LogP contribution in [0, 0.1) is 19.3 Å². The van der Waals surface area contributed by atoms with Gasteiger partial charge in [0.25, 0.3) is 0 Å². The van der Waals surface area contributed by atoms with Crippen LogP contribution < -0.4 is 10.5 Å². The van der Waals surface area contributed by atoms with E-state index in [0.717, 1.165) is 20.9 Å². The fourth-order valence-electron chi connectivity index (χ4n) is 5.51. The summed E-state index contributed by atoms with van der Waals surface area (Å²) in [5.74, 6) is 0.000555. The lowest BCUT2D eigenvalue weighted by atomic mass is 10.1. The quantitative estimate of drug-likeness (QED) is 0.276. The van der Waals surface area contributed by atoms with Gasteiger partial charge in [-0.15, -0.1) is 0 Å². The number of para-hydroxylation sites is 1. The summed E-state index contributed by atoms with van der Waals surface area (Å²) in [7, 11) is -4.32. The topological polar surface area (TPSA) is 153 Å². The van der Waals surface area contributed by atoms with Crippen LogP contribution in [0.15, 0.2) is 41.3 Å². The molecule has 0 unspecified atom stereocenters. The number of aliphatic hydroxyl groups excluding tert-OH is 1. The third-order valence-corrected chi connectivity index (χ3v) is 10.5. The summed E-state index contributed by atoms with van der Waals surface area (Å²) in [6.07, 6.45) is -1.06. The number of pyridine rings is 1. The molecular formula is C28H32Cl2N6O5S. The Bertz CT molecular complexity index is 1660. The molecule has 2 aliphatic rings. The van der Waals surface area contributed by atoms with E-state index >= 15 is 0 Å². The van der Waals surface area contributed by atoms with Crippen molar-refractivity contribution in [2.75, 3.05) is 32.7 Å². The highest BCUT2D eigenvalue weighted by Crippen LogP contribution is 2.37. The van der Waals surface area contributed by atoms with Gasteiger partial charge in [-0.3, -0.25) is 10.2 Å². The Morgan fingerprint density at radius 2 is 1.83 bits per heavy atom. The van der Waals surface area contributed by atoms with Gasteiger partial charge in [-0.1, -0.05) is 35.3 Å². The maximum atomic E-state index is 13.9. The van der Waals surface area contributed by atoms with E-state index in [4.69, 9.17) is 39.1 Å². The number of ether oxygens (including phenoxy) is 1. The third kappa shape index (κ3) is 5.73. The van der Waals surface area contributed by atoms with E-state index < -0.39 is 28.1 Å². The Balaban J connectivity index is 1.41. The number of benzene rings is 2. The summed E-state index contributed by atoms with van der Waals surface area (Å²) in [5.41, 5.74) is 8.37. The minimum Gasteiger partial charge on any atom is -0.487 e. The fraction of sp³-hybridized carbons (Fsp3) is 0.393. The molecule has 2 aromatic carbocycles. The first-order valence-corrected chi connectivity index (χ1v) is 15.6. The highest BCUT2D eigenvalue weighted by Gasteiger charge is 2.46. The van der Waals surface area contributed by atoms with Gasteiger partial charge in [-0.2, -0.15) is 4.31 Å². The maximum absolute atomic E-state index is 13.9. The van der Waals surface area contributed by atoms with Gasteiger partial charge in [0.1, 0.15) is 28.8 Å². The molecule has 0 spiro atoms. The number of nitrogens with one attached hydrogen (secondary N) is 1. The van der Waals surface area contributed by atoms with Crippen LogP contribution >= 0.6 is 23.2 Å². The fourth-order valence-corrected chi connectivity index (χ4v) is 8.00. The molecule has 42 heavy (non-hydrogen) atoms. The molecule has 14 heteroatoms. The lowest BCUT2D eigenvalue weighted by Crippen LogP contribution is -2.56. The number of fused-ring (bicyclic) bond motifs is 1. The Hall–Kier alpha value is -3.16. The van der Waals surface area contributed by atoms with Crippen LogP contribution in [0.2, 0.25) is 10.0 Å². The minimum absolute atomic E-state index is 0.0426. The van der Waals surface area contributed by atoms with E-state index in [1.807, 2.05) is 32.0 Å². The van der Waals surface area contributed by atoms with Gasteiger partial charge < -0.3 is 25.4 Å². The highest BCUT2D eigenvalue weighted by atomic mass is 35.5. The lowest BCUT2D eigenvalue weighted by molar-refractivity contribution is -0.136. The average Bonchev–Trinajstić information content (AvgIpc) is 3.35. The number of nitrogens with two attached hydrogens (primary N) is 1. The molecule has 4 N–H and O–H groups in total. The molecule has 5 rings (SSSR count). The molecule has 0 aliphatic carbocycles. The van der Waals surface area contributed by atoms with Crippen LogP contribution in [0.1, 0.15) is 23.2 Å². The van der Waals surface area contributed by atoms with Crippen LogP contribution in [-0.4, -0.2) is 89.3 Å². The van der Waals surface area contributed by atoms with Gasteiger partial charge in [0, 0.05) is 60.8 Å². The van der Waals surface area contributed by atoms with E-state index in [1.165, 1.54) is 17.0 Å². The number of carbonyl (C=O) groups excluding carboxylic acids is 1. The lowest BCUT2D eigenvalue weighted by Gasteiger charge is -2.37. The number of hydrogen-bond acceptors (Lipinski definition) is 7. The smallest absolute Gasteiger partial charge is 0.245 e. The molecule has 224 valence electrons. The number of amides is 1. The number of aryl methyl sites for hydroxylation is 2. The number of piperazine rings is 1. The number of rotatable bonds is 6. The number of hydrogen-bond donors (Lipinski definition) is 3. The van der Waals surface area contributed by atoms with Gasteiger partial charge in [0.2, 0.25) is 15.9 Å². The number of aliphatic hydroxyl groups is 1. The number of β-amino-alcohol motifs (C(OH)–C–C–N with tert-alkyl or cyclic N) is 1. The predicted molar refractivity (Wildman–Crippen MR) is 160 cm³/mol. The second kappa shape index (κ2) is 11.8. The van der Waals surface area contributed by atoms with Crippen LogP contribution in [0.3, 0.4) is 0 Å². The number of guanidine groups is 1. The van der Waals surface area contributed by atoms with Gasteiger partial charge >= 0.3 is 0 Å². The first kappa shape index (κ1) is 30.3. The molecule has 2 fully saturated rings. The molecule has 1 amide bonds. The molecule has 0 saturated carbocycles. The minimum atomic E-state index is -4.32. The van der Waals surface area contributed by atoms with Gasteiger partial charge in [-0.25, -0.2) is 13.4 Å². The van der Waals surface area contributed by atoms with Crippen molar-refractivity contribution in [2.24, 2.45) is 5.73 Å². The van der Waals surface area contributed by atoms with Crippen LogP contribution in [-0.2, 0) is 21.4 Å². The molecule has 2 atom stereocenters. The Morgan fingerprint density at radius 3 is 2.52 bits per heavy atom. The van der Waals surface area contributed by atoms with Crippen molar-refractivity contribution < 1.29 is 23.1 Å². The van der Waals surface area contributed by atoms with Crippen LogP contribution in [0.25, 0.3) is 10.9 Å². The predicted octanol–water partition coefficient (Wildman–Crippen LogP) is 2.90. The first-order chi connectivity index (χ1) is 19.9. The van der Waals surface area contributed by atoms with E-state index in [9.17, 15) is 18.3 Å². The second-order valence-electron chi connectivity index (χ2n) is 10.5. The summed E-state index contributed by atoms with van der Waals surface area (Å²) in [6.45, 7) is 4.79. The summed E-state index contributed by atoms with van der Waals surface area (Å²) >= 11 is 13.2. The van der Waals surface area contributed by atoms with Gasteiger partial charge in [0.05, 0.1) is 11.1 Å². The summed E-state index contributed by atoms with van der Waals surface area (Å²) < 4.78 is 35.0. The summed E-state index contributed by atoms with van der Waals surface area (Å²) in [4.78, 5) is 21.0. The third-order valence-electron chi connectivity index (χ3n) is 7.70. The van der Waals surface area contributed by atoms with Crippen molar-refractivity contribution in [1.82, 2.24) is 19.1 Å². The van der Waals surface area contributed by atoms with Crippen molar-refractivity contribution in [3.05, 3.63) is 63.3 Å². The maximum Gasteiger partial charge on any atom is 0.245 e. The number of aromatic nitrogens is 1. The van der Waals surface area contributed by atoms with Crippen molar-refractivity contribution in [1.29, 1.82) is 5.41 Å². The average molecular weight is 636 g/mol. The van der Waals surface area contributed by atoms with E-state index in [1.54, 1.807) is 11.0 Å². The monoisotopic (exact) mass is 634 g/mol. The largest absolute Gasteiger partial charge is 0.487 e. The molecule has 2 aliphatic heterocycles. The second-order valence-corrected chi connectivity index (χ2v) is 13.2. The van der Waals surface area contributed by atoms with Crippen molar-refractivity contribution in [2.45, 2.75) is 43.9 Å². The van der Waals surface area contributed by atoms with Crippen LogP contribution in [0.5, 0.6) is 5.75 Å². The van der Waals surface area contributed by atoms with E-state index in [2.05, 4.69) is 4.98 Å². The van der Waals surface area contributed by atoms with Crippen molar-refractivity contribution >= 4 is 56.0 Å². The normalized spacial score (nSPS) is 19.8. The summed E-state index contributed by atoms with van der Waals surface area (Å²) in [6, 6.07) is 9.17. The Morgan fingerprint density at radius 1 is 1.14 bits per heavy atom. The molecule has 3 aromatic rings. The zero-order valence-corrected chi connectivity index (χ0v) is 25.5. The highest BCUT2D eigenvalue weighted by molar-refractivity contribution is 7.89. The van der Waals surface area contributed by atoms with Crippen LogP contribution in [0.4, 0.5) is 0 Å². The van der Waals surface area contributed by atoms with Gasteiger partial charge in [0.15, 0.2) is 5.96 Å². The number of sulfonamides is 1. The standard InChI is InChI=1S/C28H32Cl2N6O5S/c1-16-12-17(2)33-26-19(16)4-3-5-23(26)41-15-20-21(29)6-7-24(25(20)30)42(39,40)36-14-18(37)13-22(36)27(38)34-8-10-35(11-9-34)28(31)32/h3-7,12,18,22,37H,8-11,13-15H2,1-2H3,(H3,31,32)/t18-,22+/m1/s1. The van der Waals surface area contributed by atoms with Crippen molar-refractivity contribution in [3.63, 3.8) is 0 Å². The molecule has 0 radical (unpaired) electrons. The van der Waals surface area contributed by atoms with E-state index in [0.29, 0.717) is 24.4 Å².